The number of rotatable bonds is 3. The Morgan fingerprint density at radius 3 is 2.37 bits per heavy atom. The number of nitriles is 1. The van der Waals surface area contributed by atoms with E-state index in [1.807, 2.05) is 73.5 Å². The molecule has 2 aromatic rings. The Bertz CT molecular complexity index is 1090. The molecule has 0 saturated heterocycles. The lowest BCUT2D eigenvalue weighted by atomic mass is 9.71. The Balaban J connectivity index is 1.92. The number of Topliss-reactive ketones (excluding diaryl/α,β-unsaturated/α-hetero) is 1. The Morgan fingerprint density at radius 1 is 1.07 bits per heavy atom. The molecule has 0 fully saturated rings. The van der Waals surface area contributed by atoms with Gasteiger partial charge in [-0.3, -0.25) is 9.80 Å². The normalized spacial score (nSPS) is 21.7. The van der Waals surface area contributed by atoms with Gasteiger partial charge in [0.1, 0.15) is 5.82 Å². The van der Waals surface area contributed by atoms with Crippen molar-refractivity contribution >= 4 is 5.78 Å². The molecule has 1 aliphatic carbocycles. The lowest BCUT2D eigenvalue weighted by Gasteiger charge is -2.44. The zero-order valence-corrected chi connectivity index (χ0v) is 17.6. The SMILES string of the molecule is Cc1ccccc1[C@H]1C(C#N)=C(N)N(N(C)C)C2=C1C(=O)C[C@@H](c1ccccc1)C2. The molecule has 0 spiro atoms. The van der Waals surface area contributed by atoms with Crippen LogP contribution in [0.4, 0.5) is 0 Å². The Morgan fingerprint density at radius 2 is 1.73 bits per heavy atom. The Hall–Kier alpha value is -3.36. The van der Waals surface area contributed by atoms with Crippen LogP contribution in [0.5, 0.6) is 0 Å². The maximum atomic E-state index is 13.6. The Kier molecular flexibility index (Phi) is 5.19. The highest BCUT2D eigenvalue weighted by molar-refractivity contribution is 6.00. The van der Waals surface area contributed by atoms with Gasteiger partial charge in [0.25, 0.3) is 0 Å². The smallest absolute Gasteiger partial charge is 0.162 e. The number of allylic oxidation sites excluding steroid dienone is 3. The largest absolute Gasteiger partial charge is 0.383 e. The molecule has 0 radical (unpaired) electrons. The Labute approximate surface area is 177 Å². The number of hydrogen-bond acceptors (Lipinski definition) is 5. The van der Waals surface area contributed by atoms with Gasteiger partial charge in [-0.15, -0.1) is 0 Å². The van der Waals surface area contributed by atoms with E-state index in [0.29, 0.717) is 29.8 Å². The van der Waals surface area contributed by atoms with E-state index in [1.54, 1.807) is 0 Å². The number of aryl methyl sites for hydroxylation is 1. The lowest BCUT2D eigenvalue weighted by molar-refractivity contribution is -0.117. The fourth-order valence-corrected chi connectivity index (χ4v) is 4.75. The molecule has 2 aromatic carbocycles. The van der Waals surface area contributed by atoms with E-state index in [2.05, 4.69) is 18.2 Å². The molecule has 0 saturated carbocycles. The van der Waals surface area contributed by atoms with E-state index in [1.165, 1.54) is 0 Å². The van der Waals surface area contributed by atoms with Crippen molar-refractivity contribution in [2.45, 2.75) is 31.6 Å². The summed E-state index contributed by atoms with van der Waals surface area (Å²) >= 11 is 0. The van der Waals surface area contributed by atoms with Crippen LogP contribution in [0.1, 0.15) is 41.4 Å². The van der Waals surface area contributed by atoms with Gasteiger partial charge in [-0.25, -0.2) is 5.01 Å². The number of benzene rings is 2. The summed E-state index contributed by atoms with van der Waals surface area (Å²) in [6.07, 6.45) is 1.14. The molecule has 1 aliphatic heterocycles. The van der Waals surface area contributed by atoms with Crippen LogP contribution in [0, 0.1) is 18.3 Å². The summed E-state index contributed by atoms with van der Waals surface area (Å²) in [5, 5.41) is 13.7. The molecule has 0 aromatic heterocycles. The summed E-state index contributed by atoms with van der Waals surface area (Å²) < 4.78 is 0. The molecule has 5 heteroatoms. The summed E-state index contributed by atoms with van der Waals surface area (Å²) in [5.74, 6) is 0.155. The van der Waals surface area contributed by atoms with Crippen LogP contribution in [0.25, 0.3) is 0 Å². The van der Waals surface area contributed by atoms with Crippen LogP contribution in [-0.2, 0) is 4.79 Å². The molecule has 152 valence electrons. The summed E-state index contributed by atoms with van der Waals surface area (Å²) in [5.41, 5.74) is 11.7. The lowest BCUT2D eigenvalue weighted by Crippen LogP contribution is -2.46. The van der Waals surface area contributed by atoms with Crippen molar-refractivity contribution in [2.75, 3.05) is 14.1 Å². The average molecular weight is 399 g/mol. The highest BCUT2D eigenvalue weighted by Crippen LogP contribution is 2.48. The van der Waals surface area contributed by atoms with Gasteiger partial charge in [0.05, 0.1) is 17.6 Å². The predicted octanol–water partition coefficient (Wildman–Crippen LogP) is 3.97. The first-order valence-corrected chi connectivity index (χ1v) is 10.2. The van der Waals surface area contributed by atoms with Gasteiger partial charge in [-0.05, 0) is 36.0 Å². The van der Waals surface area contributed by atoms with Crippen molar-refractivity contribution in [3.63, 3.8) is 0 Å². The second-order valence-electron chi connectivity index (χ2n) is 8.16. The van der Waals surface area contributed by atoms with Gasteiger partial charge in [-0.1, -0.05) is 54.6 Å². The number of carbonyl (C=O) groups excluding carboxylic acids is 1. The molecular weight excluding hydrogens is 372 g/mol. The molecule has 2 aliphatic rings. The van der Waals surface area contributed by atoms with Crippen LogP contribution in [0.3, 0.4) is 0 Å². The quantitative estimate of drug-likeness (QED) is 0.847. The molecule has 0 unspecified atom stereocenters. The van der Waals surface area contributed by atoms with Crippen molar-refractivity contribution in [1.29, 1.82) is 5.26 Å². The molecule has 4 rings (SSSR count). The van der Waals surface area contributed by atoms with E-state index in [4.69, 9.17) is 5.73 Å². The van der Waals surface area contributed by atoms with Crippen molar-refractivity contribution in [2.24, 2.45) is 5.73 Å². The predicted molar refractivity (Wildman–Crippen MR) is 117 cm³/mol. The first-order valence-electron chi connectivity index (χ1n) is 10.2. The molecule has 0 amide bonds. The number of nitrogens with zero attached hydrogens (tertiary/aromatic N) is 3. The minimum absolute atomic E-state index is 0.0884. The van der Waals surface area contributed by atoms with E-state index >= 15 is 0 Å². The number of hydrazine groups is 1. The van der Waals surface area contributed by atoms with Gasteiger partial charge in [-0.2, -0.15) is 5.26 Å². The van der Waals surface area contributed by atoms with Crippen molar-refractivity contribution in [3.8, 4) is 6.07 Å². The minimum atomic E-state index is -0.424. The first kappa shape index (κ1) is 19.9. The molecular formula is C25H26N4O. The number of hydrogen-bond donors (Lipinski definition) is 1. The van der Waals surface area contributed by atoms with Crippen LogP contribution in [-0.4, -0.2) is 29.9 Å². The number of nitrogens with two attached hydrogens (primary N) is 1. The van der Waals surface area contributed by atoms with Gasteiger partial charge in [0, 0.05) is 31.8 Å². The highest BCUT2D eigenvalue weighted by Gasteiger charge is 2.43. The number of carbonyl (C=O) groups is 1. The van der Waals surface area contributed by atoms with Crippen LogP contribution >= 0.6 is 0 Å². The number of ketones is 1. The zero-order chi connectivity index (χ0) is 21.4. The van der Waals surface area contributed by atoms with E-state index in [9.17, 15) is 10.1 Å². The summed E-state index contributed by atoms with van der Waals surface area (Å²) in [6.45, 7) is 2.01. The molecule has 30 heavy (non-hydrogen) atoms. The second kappa shape index (κ2) is 7.81. The van der Waals surface area contributed by atoms with E-state index in [-0.39, 0.29) is 11.7 Å². The van der Waals surface area contributed by atoms with Gasteiger partial charge >= 0.3 is 0 Å². The molecule has 2 atom stereocenters. The monoisotopic (exact) mass is 398 g/mol. The average Bonchev–Trinajstić information content (AvgIpc) is 2.73. The standard InChI is InChI=1S/C25H26N4O/c1-16-9-7-8-12-19(16)23-20(15-26)25(27)29(28(2)3)21-13-18(14-22(30)24(21)23)17-10-5-4-6-11-17/h4-12,18,23H,13-14,27H2,1-3H3/t18-,23-/m0/s1. The van der Waals surface area contributed by atoms with Gasteiger partial charge < -0.3 is 5.73 Å². The van der Waals surface area contributed by atoms with E-state index in [0.717, 1.165) is 22.4 Å². The third-order valence-corrected chi connectivity index (χ3v) is 6.11. The summed E-state index contributed by atoms with van der Waals surface area (Å²) in [6, 6.07) is 20.4. The zero-order valence-electron chi connectivity index (χ0n) is 17.6. The molecule has 5 nitrogen and oxygen atoms in total. The highest BCUT2D eigenvalue weighted by atomic mass is 16.1. The van der Waals surface area contributed by atoms with Gasteiger partial charge in [0.2, 0.25) is 0 Å². The fourth-order valence-electron chi connectivity index (χ4n) is 4.75. The third kappa shape index (κ3) is 3.20. The topological polar surface area (TPSA) is 73.4 Å². The summed E-state index contributed by atoms with van der Waals surface area (Å²) in [4.78, 5) is 13.6. The maximum Gasteiger partial charge on any atom is 0.162 e. The molecule has 0 bridgehead atoms. The fraction of sp³-hybridized carbons (Fsp3) is 0.280. The third-order valence-electron chi connectivity index (χ3n) is 6.11. The first-order chi connectivity index (χ1) is 14.4. The summed E-state index contributed by atoms with van der Waals surface area (Å²) in [7, 11) is 3.77. The van der Waals surface area contributed by atoms with Crippen molar-refractivity contribution in [1.82, 2.24) is 10.0 Å². The molecule has 2 N–H and O–H groups in total. The van der Waals surface area contributed by atoms with Crippen molar-refractivity contribution in [3.05, 3.63) is 94.0 Å². The van der Waals surface area contributed by atoms with Crippen LogP contribution in [0.2, 0.25) is 0 Å². The minimum Gasteiger partial charge on any atom is -0.383 e. The maximum absolute atomic E-state index is 13.6. The second-order valence-corrected chi connectivity index (χ2v) is 8.16. The van der Waals surface area contributed by atoms with E-state index < -0.39 is 5.92 Å². The molecule has 1 heterocycles. The van der Waals surface area contributed by atoms with Crippen LogP contribution in [0.15, 0.2) is 77.3 Å². The van der Waals surface area contributed by atoms with Crippen molar-refractivity contribution < 1.29 is 4.79 Å². The van der Waals surface area contributed by atoms with Crippen LogP contribution < -0.4 is 5.73 Å². The van der Waals surface area contributed by atoms with Gasteiger partial charge in [0.15, 0.2) is 5.78 Å².